The van der Waals surface area contributed by atoms with Gasteiger partial charge in [-0.1, -0.05) is 27.5 Å². The van der Waals surface area contributed by atoms with Gasteiger partial charge in [0.2, 0.25) is 0 Å². The summed E-state index contributed by atoms with van der Waals surface area (Å²) in [4.78, 5) is 41.6. The second kappa shape index (κ2) is 11.4. The van der Waals surface area contributed by atoms with Crippen LogP contribution in [-0.4, -0.2) is 34.6 Å². The Balaban J connectivity index is 2.01. The molecule has 3 amide bonds. The van der Waals surface area contributed by atoms with Gasteiger partial charge in [0.05, 0.1) is 23.4 Å². The topological polar surface area (TPSA) is 119 Å². The first kappa shape index (κ1) is 25.6. The van der Waals surface area contributed by atoms with Crippen LogP contribution in [0.3, 0.4) is 0 Å². The highest BCUT2D eigenvalue weighted by molar-refractivity contribution is 9.11. The largest absolute Gasteiger partial charge is 0.452 e. The number of hydrazine groups is 1. The Hall–Kier alpha value is -3.05. The van der Waals surface area contributed by atoms with Crippen LogP contribution in [0.25, 0.3) is 10.1 Å². The highest BCUT2D eigenvalue weighted by Crippen LogP contribution is 2.33. The zero-order chi connectivity index (χ0) is 24.8. The Morgan fingerprint density at radius 2 is 1.94 bits per heavy atom. The molecule has 1 aromatic carbocycles. The molecular formula is C20H13Br2ClN6O4S. The number of nitrogens with zero attached hydrogens (tertiary/aromatic N) is 3. The number of carbonyl (C=O) groups is 3. The standard InChI is InChI=1S/C20H13Br2ClN6O4S/c1-24-34-15-6-5-14(29(15)17-13(23)4-3-7-25-17)19(31)26-16-11(8-10(21)9-12(16)22)18(30)27-28-20(32)33-2/h3-9H,2H3,(H,26,31)(H,27,30)(H,28,32). The fourth-order valence-electron chi connectivity index (χ4n) is 2.76. The molecule has 0 aliphatic rings. The molecule has 14 heteroatoms. The van der Waals surface area contributed by atoms with Gasteiger partial charge in [0.25, 0.3) is 11.8 Å². The normalized spacial score (nSPS) is 10.2. The third-order valence-electron chi connectivity index (χ3n) is 4.17. The number of carbonyl (C=O) groups excluding carboxylic acids is 3. The van der Waals surface area contributed by atoms with Crippen LogP contribution in [0.5, 0.6) is 0 Å². The van der Waals surface area contributed by atoms with Gasteiger partial charge in [0.15, 0.2) is 10.8 Å². The lowest BCUT2D eigenvalue weighted by atomic mass is 10.1. The van der Waals surface area contributed by atoms with Crippen molar-refractivity contribution in [3.8, 4) is 5.82 Å². The SMILES string of the molecule is [C-]#[N+]Sc1ccc(C(=O)Nc2c(Br)cc(Br)cc2C(=O)NNC(=O)OC)n1-c1ncccc1Cl. The number of pyridine rings is 1. The molecule has 0 spiro atoms. The molecule has 0 unspecified atom stereocenters. The number of benzene rings is 1. The van der Waals surface area contributed by atoms with Crippen LogP contribution in [0, 0.1) is 6.57 Å². The summed E-state index contributed by atoms with van der Waals surface area (Å²) in [5.41, 5.74) is 4.57. The van der Waals surface area contributed by atoms with Crippen molar-refractivity contribution in [1.82, 2.24) is 20.4 Å². The van der Waals surface area contributed by atoms with E-state index in [-0.39, 0.29) is 27.8 Å². The Labute approximate surface area is 219 Å². The minimum absolute atomic E-state index is 0.0377. The lowest BCUT2D eigenvalue weighted by Crippen LogP contribution is -2.41. The molecule has 0 aliphatic heterocycles. The number of rotatable bonds is 5. The van der Waals surface area contributed by atoms with E-state index in [0.717, 1.165) is 19.1 Å². The first-order chi connectivity index (χ1) is 16.3. The van der Waals surface area contributed by atoms with E-state index in [1.165, 1.54) is 22.9 Å². The smallest absolute Gasteiger partial charge is 0.425 e. The molecule has 34 heavy (non-hydrogen) atoms. The molecule has 0 saturated heterocycles. The van der Waals surface area contributed by atoms with Crippen molar-refractivity contribution in [3.05, 3.63) is 78.6 Å². The summed E-state index contributed by atoms with van der Waals surface area (Å²) in [6.45, 7) is 7.18. The van der Waals surface area contributed by atoms with E-state index in [9.17, 15) is 14.4 Å². The maximum absolute atomic E-state index is 13.3. The van der Waals surface area contributed by atoms with E-state index in [0.29, 0.717) is 14.0 Å². The average molecular weight is 629 g/mol. The van der Waals surface area contributed by atoms with Crippen LogP contribution in [0.15, 0.2) is 56.6 Å². The van der Waals surface area contributed by atoms with Crippen molar-refractivity contribution in [2.24, 2.45) is 0 Å². The summed E-state index contributed by atoms with van der Waals surface area (Å²) in [6.07, 6.45) is 0.639. The van der Waals surface area contributed by atoms with Crippen LogP contribution in [0.1, 0.15) is 20.8 Å². The van der Waals surface area contributed by atoms with Gasteiger partial charge in [-0.05, 0) is 52.3 Å². The van der Waals surface area contributed by atoms with Crippen molar-refractivity contribution in [2.45, 2.75) is 5.03 Å². The van der Waals surface area contributed by atoms with Gasteiger partial charge in [-0.15, -0.1) is 0 Å². The molecule has 0 saturated carbocycles. The van der Waals surface area contributed by atoms with Crippen LogP contribution >= 0.6 is 55.4 Å². The molecule has 0 bridgehead atoms. The number of nitrogens with one attached hydrogen (secondary N) is 3. The maximum atomic E-state index is 13.3. The molecule has 0 radical (unpaired) electrons. The number of aromatic nitrogens is 2. The second-order valence-corrected chi connectivity index (χ2v) is 9.18. The summed E-state index contributed by atoms with van der Waals surface area (Å²) in [5, 5.41) is 3.40. The summed E-state index contributed by atoms with van der Waals surface area (Å²) < 4.78 is 10.1. The van der Waals surface area contributed by atoms with Gasteiger partial charge in [0.1, 0.15) is 5.69 Å². The van der Waals surface area contributed by atoms with Gasteiger partial charge in [0, 0.05) is 15.1 Å². The zero-order valence-corrected chi connectivity index (χ0v) is 21.8. The molecule has 10 nitrogen and oxygen atoms in total. The van der Waals surface area contributed by atoms with Crippen molar-refractivity contribution >= 4 is 79.0 Å². The zero-order valence-electron chi connectivity index (χ0n) is 17.1. The predicted molar refractivity (Wildman–Crippen MR) is 134 cm³/mol. The average Bonchev–Trinajstić information content (AvgIpc) is 3.22. The second-order valence-electron chi connectivity index (χ2n) is 6.22. The molecule has 174 valence electrons. The number of hydrogen-bond acceptors (Lipinski definition) is 6. The molecule has 3 rings (SSSR count). The van der Waals surface area contributed by atoms with E-state index in [1.807, 2.05) is 0 Å². The highest BCUT2D eigenvalue weighted by atomic mass is 79.9. The van der Waals surface area contributed by atoms with E-state index < -0.39 is 17.9 Å². The van der Waals surface area contributed by atoms with Gasteiger partial charge >= 0.3 is 18.0 Å². The lowest BCUT2D eigenvalue weighted by Gasteiger charge is -2.15. The number of ether oxygens (including phenoxy) is 1. The minimum atomic E-state index is -0.872. The molecule has 0 atom stereocenters. The lowest BCUT2D eigenvalue weighted by molar-refractivity contribution is 0.0921. The van der Waals surface area contributed by atoms with E-state index in [1.54, 1.807) is 24.3 Å². The van der Waals surface area contributed by atoms with Crippen LogP contribution in [-0.2, 0) is 4.74 Å². The maximum Gasteiger partial charge on any atom is 0.425 e. The number of methoxy groups -OCH3 is 1. The van der Waals surface area contributed by atoms with Crippen molar-refractivity contribution in [2.75, 3.05) is 12.4 Å². The van der Waals surface area contributed by atoms with Gasteiger partial charge in [-0.25, -0.2) is 26.0 Å². The predicted octanol–water partition coefficient (Wildman–Crippen LogP) is 5.23. The quantitative estimate of drug-likeness (QED) is 0.202. The number of amides is 3. The third-order valence-corrected chi connectivity index (χ3v) is 6.14. The highest BCUT2D eigenvalue weighted by Gasteiger charge is 2.24. The van der Waals surface area contributed by atoms with Gasteiger partial charge in [-0.3, -0.25) is 19.6 Å². The van der Waals surface area contributed by atoms with Crippen molar-refractivity contribution < 1.29 is 19.1 Å². The first-order valence-corrected chi connectivity index (χ1v) is 11.8. The molecule has 0 aliphatic carbocycles. The molecular weight excluding hydrogens is 616 g/mol. The summed E-state index contributed by atoms with van der Waals surface area (Å²) >= 11 is 13.8. The number of halogens is 3. The minimum Gasteiger partial charge on any atom is -0.452 e. The van der Waals surface area contributed by atoms with Gasteiger partial charge in [-0.2, -0.15) is 0 Å². The monoisotopic (exact) mass is 626 g/mol. The number of anilines is 1. The fourth-order valence-corrected chi connectivity index (χ4v) is 4.78. The Morgan fingerprint density at radius 3 is 2.62 bits per heavy atom. The Bertz CT molecular complexity index is 1330. The van der Waals surface area contributed by atoms with E-state index in [2.05, 4.69) is 62.0 Å². The van der Waals surface area contributed by atoms with Crippen LogP contribution in [0.4, 0.5) is 10.5 Å². The molecule has 0 fully saturated rings. The molecule has 2 heterocycles. The Morgan fingerprint density at radius 1 is 1.18 bits per heavy atom. The summed E-state index contributed by atoms with van der Waals surface area (Å²) in [6, 6.07) is 9.45. The molecule has 3 aromatic rings. The van der Waals surface area contributed by atoms with Crippen LogP contribution < -0.4 is 16.2 Å². The first-order valence-electron chi connectivity index (χ1n) is 9.08. The molecule has 2 aromatic heterocycles. The van der Waals surface area contributed by atoms with E-state index in [4.69, 9.17) is 18.2 Å². The fraction of sp³-hybridized carbons (Fsp3) is 0.0500. The molecule has 3 N–H and O–H groups in total. The third kappa shape index (κ3) is 5.71. The van der Waals surface area contributed by atoms with Crippen LogP contribution in [0.2, 0.25) is 5.02 Å². The van der Waals surface area contributed by atoms with Crippen molar-refractivity contribution in [1.29, 1.82) is 0 Å². The summed E-state index contributed by atoms with van der Waals surface area (Å²) in [7, 11) is 1.15. The van der Waals surface area contributed by atoms with E-state index >= 15 is 0 Å². The van der Waals surface area contributed by atoms with Crippen molar-refractivity contribution in [3.63, 3.8) is 0 Å². The van der Waals surface area contributed by atoms with Gasteiger partial charge < -0.3 is 10.1 Å². The number of hydrogen-bond donors (Lipinski definition) is 3. The Kier molecular flexibility index (Phi) is 8.56. The summed E-state index contributed by atoms with van der Waals surface area (Å²) in [5.74, 6) is -1.05.